The molecule has 21 heavy (non-hydrogen) atoms. The van der Waals surface area contributed by atoms with Crippen molar-refractivity contribution in [1.29, 1.82) is 0 Å². The summed E-state index contributed by atoms with van der Waals surface area (Å²) >= 11 is 6.23. The third-order valence-electron chi connectivity index (χ3n) is 3.76. The van der Waals surface area contributed by atoms with E-state index in [1.54, 1.807) is 6.07 Å². The first kappa shape index (κ1) is 15.9. The number of hydrogen-bond acceptors (Lipinski definition) is 3. The molecule has 1 heterocycles. The fourth-order valence-electron chi connectivity index (χ4n) is 2.73. The van der Waals surface area contributed by atoms with E-state index in [4.69, 9.17) is 11.6 Å². The van der Waals surface area contributed by atoms with Crippen LogP contribution in [0.1, 0.15) is 42.4 Å². The number of halogens is 1. The number of nitrogens with one attached hydrogen (secondary N) is 1. The molecule has 0 bridgehead atoms. The van der Waals surface area contributed by atoms with Gasteiger partial charge in [-0.05, 0) is 45.4 Å². The topological polar surface area (TPSA) is 50.1 Å². The molecular formula is C16H22ClN3O. The van der Waals surface area contributed by atoms with Crippen molar-refractivity contribution in [3.63, 3.8) is 0 Å². The smallest absolute Gasteiger partial charge is 0.0682 e. The highest BCUT2D eigenvalue weighted by atomic mass is 35.5. The number of aliphatic hydroxyl groups excluding tert-OH is 1. The molecule has 1 unspecified atom stereocenters. The molecule has 0 aliphatic carbocycles. The normalized spacial score (nSPS) is 12.5. The van der Waals surface area contributed by atoms with Crippen LogP contribution in [0.3, 0.4) is 0 Å². The summed E-state index contributed by atoms with van der Waals surface area (Å²) in [4.78, 5) is 0. The number of anilines is 1. The van der Waals surface area contributed by atoms with Gasteiger partial charge < -0.3 is 10.4 Å². The fourth-order valence-corrected chi connectivity index (χ4v) is 2.90. The average molecular weight is 308 g/mol. The van der Waals surface area contributed by atoms with Crippen molar-refractivity contribution in [1.82, 2.24) is 9.78 Å². The minimum atomic E-state index is 0.00600. The van der Waals surface area contributed by atoms with Gasteiger partial charge in [0.2, 0.25) is 0 Å². The highest BCUT2D eigenvalue weighted by Crippen LogP contribution is 2.29. The lowest BCUT2D eigenvalue weighted by atomic mass is 10.1. The molecule has 2 rings (SSSR count). The van der Waals surface area contributed by atoms with Gasteiger partial charge in [0.25, 0.3) is 0 Å². The lowest BCUT2D eigenvalue weighted by molar-refractivity contribution is 0.282. The first-order valence-electron chi connectivity index (χ1n) is 7.17. The van der Waals surface area contributed by atoms with Crippen molar-refractivity contribution in [3.8, 4) is 0 Å². The van der Waals surface area contributed by atoms with E-state index in [-0.39, 0.29) is 12.6 Å². The third-order valence-corrected chi connectivity index (χ3v) is 4.08. The number of aromatic nitrogens is 2. The molecule has 0 saturated heterocycles. The lowest BCUT2D eigenvalue weighted by Gasteiger charge is -2.18. The van der Waals surface area contributed by atoms with Crippen molar-refractivity contribution in [3.05, 3.63) is 45.7 Å². The van der Waals surface area contributed by atoms with E-state index in [1.807, 2.05) is 23.7 Å². The third kappa shape index (κ3) is 3.22. The van der Waals surface area contributed by atoms with E-state index in [1.165, 1.54) is 11.3 Å². The van der Waals surface area contributed by atoms with Crippen LogP contribution in [-0.2, 0) is 13.2 Å². The minimum absolute atomic E-state index is 0.00600. The van der Waals surface area contributed by atoms with Crippen LogP contribution < -0.4 is 5.32 Å². The molecule has 2 N–H and O–H groups in total. The molecular weight excluding hydrogens is 286 g/mol. The van der Waals surface area contributed by atoms with E-state index in [0.29, 0.717) is 5.02 Å². The van der Waals surface area contributed by atoms with Crippen molar-refractivity contribution >= 4 is 17.3 Å². The van der Waals surface area contributed by atoms with Gasteiger partial charge in [-0.15, -0.1) is 0 Å². The number of nitrogens with zero attached hydrogens (tertiary/aromatic N) is 2. The monoisotopic (exact) mass is 307 g/mol. The number of hydrogen-bond donors (Lipinski definition) is 2. The average Bonchev–Trinajstić information content (AvgIpc) is 2.75. The number of aliphatic hydroxyl groups is 1. The summed E-state index contributed by atoms with van der Waals surface area (Å²) in [6, 6.07) is 5.60. The van der Waals surface area contributed by atoms with Crippen LogP contribution in [-0.4, -0.2) is 14.9 Å². The largest absolute Gasteiger partial charge is 0.392 e. The highest BCUT2D eigenvalue weighted by molar-refractivity contribution is 6.33. The standard InChI is InChI=1S/C16H22ClN3O/c1-5-20-12(4)16(11(3)19-20)10(2)18-15-8-13(9-21)6-7-14(15)17/h6-8,10,18,21H,5,9H2,1-4H3. The van der Waals surface area contributed by atoms with Gasteiger partial charge in [0.05, 0.1) is 29.1 Å². The van der Waals surface area contributed by atoms with Crippen LogP contribution in [0.25, 0.3) is 0 Å². The fraction of sp³-hybridized carbons (Fsp3) is 0.438. The van der Waals surface area contributed by atoms with Gasteiger partial charge >= 0.3 is 0 Å². The minimum Gasteiger partial charge on any atom is -0.392 e. The Bertz CT molecular complexity index is 637. The highest BCUT2D eigenvalue weighted by Gasteiger charge is 2.17. The number of rotatable bonds is 5. The second kappa shape index (κ2) is 6.50. The molecule has 2 aromatic rings. The van der Waals surface area contributed by atoms with E-state index >= 15 is 0 Å². The summed E-state index contributed by atoms with van der Waals surface area (Å²) in [6.07, 6.45) is 0. The summed E-state index contributed by atoms with van der Waals surface area (Å²) in [7, 11) is 0. The Morgan fingerprint density at radius 1 is 1.38 bits per heavy atom. The summed E-state index contributed by atoms with van der Waals surface area (Å²) in [6.45, 7) is 9.16. The van der Waals surface area contributed by atoms with Crippen molar-refractivity contribution < 1.29 is 5.11 Å². The van der Waals surface area contributed by atoms with Crippen LogP contribution in [0.15, 0.2) is 18.2 Å². The van der Waals surface area contributed by atoms with Crippen LogP contribution >= 0.6 is 11.6 Å². The molecule has 0 amide bonds. The second-order valence-corrected chi connectivity index (χ2v) is 5.65. The maximum absolute atomic E-state index is 9.24. The summed E-state index contributed by atoms with van der Waals surface area (Å²) < 4.78 is 2.01. The first-order valence-corrected chi connectivity index (χ1v) is 7.55. The van der Waals surface area contributed by atoms with E-state index in [2.05, 4.69) is 31.2 Å². The summed E-state index contributed by atoms with van der Waals surface area (Å²) in [5, 5.41) is 17.9. The molecule has 0 fully saturated rings. The zero-order valence-corrected chi connectivity index (χ0v) is 13.7. The van der Waals surface area contributed by atoms with Gasteiger partial charge in [0, 0.05) is 17.8 Å². The predicted octanol–water partition coefficient (Wildman–Crippen LogP) is 3.84. The Morgan fingerprint density at radius 2 is 2.10 bits per heavy atom. The van der Waals surface area contributed by atoms with Crippen LogP contribution in [0.4, 0.5) is 5.69 Å². The van der Waals surface area contributed by atoms with Gasteiger partial charge in [-0.3, -0.25) is 4.68 Å². The molecule has 1 aromatic carbocycles. The Balaban J connectivity index is 2.30. The van der Waals surface area contributed by atoms with Gasteiger partial charge in [-0.2, -0.15) is 5.10 Å². The van der Waals surface area contributed by atoms with Gasteiger partial charge in [0.15, 0.2) is 0 Å². The molecule has 0 spiro atoms. The molecule has 0 saturated carbocycles. The lowest BCUT2D eigenvalue weighted by Crippen LogP contribution is -2.10. The molecule has 0 aliphatic rings. The van der Waals surface area contributed by atoms with Crippen LogP contribution in [0.5, 0.6) is 0 Å². The molecule has 0 aliphatic heterocycles. The Kier molecular flexibility index (Phi) is 4.91. The second-order valence-electron chi connectivity index (χ2n) is 5.24. The van der Waals surface area contributed by atoms with Crippen LogP contribution in [0.2, 0.25) is 5.02 Å². The Morgan fingerprint density at radius 3 is 2.67 bits per heavy atom. The number of aryl methyl sites for hydroxylation is 2. The van der Waals surface area contributed by atoms with E-state index < -0.39 is 0 Å². The Labute approximate surface area is 130 Å². The van der Waals surface area contributed by atoms with Crippen molar-refractivity contribution in [2.45, 2.75) is 46.9 Å². The Hall–Kier alpha value is -1.52. The SMILES string of the molecule is CCn1nc(C)c(C(C)Nc2cc(CO)ccc2Cl)c1C. The van der Waals surface area contributed by atoms with E-state index in [0.717, 1.165) is 23.5 Å². The zero-order chi connectivity index (χ0) is 15.6. The molecule has 4 nitrogen and oxygen atoms in total. The van der Waals surface area contributed by atoms with Gasteiger partial charge in [-0.1, -0.05) is 17.7 Å². The van der Waals surface area contributed by atoms with Crippen molar-refractivity contribution in [2.24, 2.45) is 0 Å². The summed E-state index contributed by atoms with van der Waals surface area (Å²) in [5.41, 5.74) is 5.07. The molecule has 114 valence electrons. The maximum Gasteiger partial charge on any atom is 0.0682 e. The summed E-state index contributed by atoms with van der Waals surface area (Å²) in [5.74, 6) is 0. The maximum atomic E-state index is 9.24. The van der Waals surface area contributed by atoms with Gasteiger partial charge in [-0.25, -0.2) is 0 Å². The van der Waals surface area contributed by atoms with Crippen molar-refractivity contribution in [2.75, 3.05) is 5.32 Å². The first-order chi connectivity index (χ1) is 9.97. The zero-order valence-electron chi connectivity index (χ0n) is 12.9. The molecule has 0 radical (unpaired) electrons. The predicted molar refractivity (Wildman–Crippen MR) is 86.8 cm³/mol. The van der Waals surface area contributed by atoms with Crippen LogP contribution in [0, 0.1) is 13.8 Å². The molecule has 1 aromatic heterocycles. The van der Waals surface area contributed by atoms with E-state index in [9.17, 15) is 5.11 Å². The van der Waals surface area contributed by atoms with Gasteiger partial charge in [0.1, 0.15) is 0 Å². The quantitative estimate of drug-likeness (QED) is 0.882. The molecule has 1 atom stereocenters. The number of benzene rings is 1. The molecule has 5 heteroatoms.